The number of carbonyl (C=O) groups is 3. The molecule has 1 aliphatic heterocycles. The van der Waals surface area contributed by atoms with E-state index in [1.165, 1.54) is 4.90 Å². The van der Waals surface area contributed by atoms with E-state index in [4.69, 9.17) is 9.47 Å². The Labute approximate surface area is 236 Å². The van der Waals surface area contributed by atoms with Crippen LogP contribution in [0.5, 0.6) is 11.5 Å². The molecule has 0 atom stereocenters. The highest BCUT2D eigenvalue weighted by atomic mass is 32.2. The molecule has 4 aromatic carbocycles. The van der Waals surface area contributed by atoms with E-state index >= 15 is 0 Å². The van der Waals surface area contributed by atoms with Gasteiger partial charge in [-0.3, -0.25) is 19.3 Å². The van der Waals surface area contributed by atoms with Crippen molar-refractivity contribution in [2.75, 3.05) is 25.1 Å². The van der Waals surface area contributed by atoms with Gasteiger partial charge in [-0.05, 0) is 78.0 Å². The van der Waals surface area contributed by atoms with Crippen LogP contribution in [0.2, 0.25) is 0 Å². The van der Waals surface area contributed by atoms with E-state index in [0.717, 1.165) is 39.3 Å². The molecular formula is C32H28N2O5S. The highest BCUT2D eigenvalue weighted by Gasteiger charge is 2.34. The first kappa shape index (κ1) is 27.0. The van der Waals surface area contributed by atoms with Gasteiger partial charge in [0.15, 0.2) is 6.61 Å². The largest absolute Gasteiger partial charge is 0.491 e. The molecule has 40 heavy (non-hydrogen) atoms. The number of nitrogens with one attached hydrogen (secondary N) is 1. The van der Waals surface area contributed by atoms with Gasteiger partial charge in [0.1, 0.15) is 18.1 Å². The van der Waals surface area contributed by atoms with E-state index in [0.29, 0.717) is 22.0 Å². The maximum Gasteiger partial charge on any atom is 0.293 e. The molecule has 1 N–H and O–H groups in total. The molecule has 1 aliphatic rings. The van der Waals surface area contributed by atoms with Gasteiger partial charge < -0.3 is 14.8 Å². The molecule has 1 heterocycles. The SMILES string of the molecule is Cc1cccc(NC(=O)COc2cccc(/C=C3\SC(=O)N(CCOc4cccc5ccccc45)C3=O)c2)c1C. The van der Waals surface area contributed by atoms with Crippen LogP contribution in [-0.4, -0.2) is 41.7 Å². The number of ether oxygens (including phenoxy) is 2. The van der Waals surface area contributed by atoms with E-state index < -0.39 is 0 Å². The van der Waals surface area contributed by atoms with Crippen LogP contribution in [0.1, 0.15) is 16.7 Å². The van der Waals surface area contributed by atoms with Crippen molar-refractivity contribution in [3.05, 3.63) is 107 Å². The maximum absolute atomic E-state index is 13.0. The lowest BCUT2D eigenvalue weighted by Gasteiger charge is -2.14. The molecular weight excluding hydrogens is 524 g/mol. The van der Waals surface area contributed by atoms with Crippen LogP contribution in [0, 0.1) is 13.8 Å². The highest BCUT2D eigenvalue weighted by Crippen LogP contribution is 2.33. The zero-order valence-corrected chi connectivity index (χ0v) is 23.0. The van der Waals surface area contributed by atoms with Crippen LogP contribution in [0.15, 0.2) is 89.8 Å². The maximum atomic E-state index is 13.0. The minimum atomic E-state index is -0.365. The molecule has 8 heteroatoms. The molecule has 3 amide bonds. The van der Waals surface area contributed by atoms with Crippen LogP contribution in [0.3, 0.4) is 0 Å². The number of rotatable bonds is 9. The molecule has 4 aromatic rings. The number of nitrogens with zero attached hydrogens (tertiary/aromatic N) is 1. The summed E-state index contributed by atoms with van der Waals surface area (Å²) in [4.78, 5) is 39.5. The Morgan fingerprint density at radius 2 is 1.70 bits per heavy atom. The molecule has 5 rings (SSSR count). The van der Waals surface area contributed by atoms with Gasteiger partial charge >= 0.3 is 0 Å². The first-order valence-electron chi connectivity index (χ1n) is 12.8. The minimum Gasteiger partial charge on any atom is -0.491 e. The van der Waals surface area contributed by atoms with Crippen molar-refractivity contribution < 1.29 is 23.9 Å². The molecule has 0 aliphatic carbocycles. The molecule has 0 bridgehead atoms. The molecule has 7 nitrogen and oxygen atoms in total. The van der Waals surface area contributed by atoms with Gasteiger partial charge in [0.05, 0.1) is 11.4 Å². The van der Waals surface area contributed by atoms with Crippen LogP contribution in [-0.2, 0) is 9.59 Å². The van der Waals surface area contributed by atoms with Crippen molar-refractivity contribution in [3.63, 3.8) is 0 Å². The third-order valence-electron chi connectivity index (χ3n) is 6.60. The zero-order valence-electron chi connectivity index (χ0n) is 22.2. The summed E-state index contributed by atoms with van der Waals surface area (Å²) in [6, 6.07) is 26.4. The number of aryl methyl sites for hydroxylation is 1. The third-order valence-corrected chi connectivity index (χ3v) is 7.51. The second-order valence-electron chi connectivity index (χ2n) is 9.32. The van der Waals surface area contributed by atoms with E-state index in [1.807, 2.05) is 74.5 Å². The number of carbonyl (C=O) groups excluding carboxylic acids is 3. The predicted octanol–water partition coefficient (Wildman–Crippen LogP) is 6.59. The van der Waals surface area contributed by atoms with Crippen LogP contribution in [0.25, 0.3) is 16.8 Å². The topological polar surface area (TPSA) is 84.9 Å². The summed E-state index contributed by atoms with van der Waals surface area (Å²) >= 11 is 0.891. The number of imide groups is 1. The summed E-state index contributed by atoms with van der Waals surface area (Å²) in [6.45, 7) is 4.11. The number of hydrogen-bond acceptors (Lipinski definition) is 6. The first-order valence-corrected chi connectivity index (χ1v) is 13.7. The molecule has 202 valence electrons. The van der Waals surface area contributed by atoms with Gasteiger partial charge in [-0.25, -0.2) is 0 Å². The van der Waals surface area contributed by atoms with Gasteiger partial charge in [0.2, 0.25) is 0 Å². The number of benzene rings is 4. The van der Waals surface area contributed by atoms with Crippen molar-refractivity contribution >= 4 is 51.4 Å². The quantitative estimate of drug-likeness (QED) is 0.236. The summed E-state index contributed by atoms with van der Waals surface area (Å²) in [5.41, 5.74) is 3.53. The molecule has 0 saturated carbocycles. The summed E-state index contributed by atoms with van der Waals surface area (Å²) in [7, 11) is 0. The summed E-state index contributed by atoms with van der Waals surface area (Å²) in [5.74, 6) is 0.550. The molecule has 1 fully saturated rings. The molecule has 1 saturated heterocycles. The van der Waals surface area contributed by atoms with Gasteiger partial charge in [0, 0.05) is 11.1 Å². The van der Waals surface area contributed by atoms with Crippen molar-refractivity contribution in [2.45, 2.75) is 13.8 Å². The Hall–Kier alpha value is -4.56. The van der Waals surface area contributed by atoms with Gasteiger partial charge in [-0.2, -0.15) is 0 Å². The molecule has 0 unspecified atom stereocenters. The Kier molecular flexibility index (Phi) is 8.17. The second-order valence-corrected chi connectivity index (χ2v) is 10.3. The average molecular weight is 553 g/mol. The molecule has 0 aromatic heterocycles. The number of amides is 3. The Morgan fingerprint density at radius 3 is 2.58 bits per heavy atom. The fourth-order valence-electron chi connectivity index (χ4n) is 4.33. The van der Waals surface area contributed by atoms with Gasteiger partial charge in [0.25, 0.3) is 17.1 Å². The number of fused-ring (bicyclic) bond motifs is 1. The Balaban J connectivity index is 1.17. The Morgan fingerprint density at radius 1 is 0.925 bits per heavy atom. The van der Waals surface area contributed by atoms with Gasteiger partial charge in [-0.15, -0.1) is 0 Å². The van der Waals surface area contributed by atoms with Crippen molar-refractivity contribution in [3.8, 4) is 11.5 Å². The number of hydrogen-bond donors (Lipinski definition) is 1. The van der Waals surface area contributed by atoms with Gasteiger partial charge in [-0.1, -0.05) is 60.7 Å². The minimum absolute atomic E-state index is 0.143. The van der Waals surface area contributed by atoms with Crippen molar-refractivity contribution in [1.82, 2.24) is 4.90 Å². The van der Waals surface area contributed by atoms with Crippen molar-refractivity contribution in [2.24, 2.45) is 0 Å². The van der Waals surface area contributed by atoms with Crippen LogP contribution < -0.4 is 14.8 Å². The summed E-state index contributed by atoms with van der Waals surface area (Å²) < 4.78 is 11.6. The van der Waals surface area contributed by atoms with Crippen LogP contribution >= 0.6 is 11.8 Å². The fraction of sp³-hybridized carbons (Fsp3) is 0.156. The number of anilines is 1. The standard InChI is InChI=1S/C32H28N2O5S/c1-21-8-5-14-27(22(21)2)33-30(35)20-39-25-12-6-9-23(18-25)19-29-31(36)34(32(37)40-29)16-17-38-28-15-7-11-24-10-3-4-13-26(24)28/h3-15,18-19H,16-17,20H2,1-2H3,(H,33,35)/b29-19-. The predicted molar refractivity (Wildman–Crippen MR) is 159 cm³/mol. The van der Waals surface area contributed by atoms with E-state index in [2.05, 4.69) is 5.32 Å². The lowest BCUT2D eigenvalue weighted by Crippen LogP contribution is -2.32. The second kappa shape index (κ2) is 12.1. The monoisotopic (exact) mass is 552 g/mol. The normalized spacial score (nSPS) is 14.2. The fourth-order valence-corrected chi connectivity index (χ4v) is 5.19. The zero-order chi connectivity index (χ0) is 28.1. The van der Waals surface area contributed by atoms with E-state index in [1.54, 1.807) is 30.3 Å². The third kappa shape index (κ3) is 6.18. The van der Waals surface area contributed by atoms with E-state index in [-0.39, 0.29) is 36.8 Å². The highest BCUT2D eigenvalue weighted by molar-refractivity contribution is 8.18. The van der Waals surface area contributed by atoms with E-state index in [9.17, 15) is 14.4 Å². The molecule has 0 radical (unpaired) electrons. The van der Waals surface area contributed by atoms with Crippen molar-refractivity contribution in [1.29, 1.82) is 0 Å². The number of thioether (sulfide) groups is 1. The lowest BCUT2D eigenvalue weighted by molar-refractivity contribution is -0.123. The summed E-state index contributed by atoms with van der Waals surface area (Å²) in [6.07, 6.45) is 1.65. The smallest absolute Gasteiger partial charge is 0.293 e. The summed E-state index contributed by atoms with van der Waals surface area (Å²) in [5, 5.41) is 4.56. The average Bonchev–Trinajstić information content (AvgIpc) is 3.22. The van der Waals surface area contributed by atoms with Crippen LogP contribution in [0.4, 0.5) is 10.5 Å². The lowest BCUT2D eigenvalue weighted by atomic mass is 10.1. The Bertz CT molecular complexity index is 1630. The first-order chi connectivity index (χ1) is 19.4. The molecule has 0 spiro atoms.